The van der Waals surface area contributed by atoms with Crippen LogP contribution < -0.4 is 14.8 Å². The zero-order chi connectivity index (χ0) is 26.4. The second-order valence-corrected chi connectivity index (χ2v) is 9.86. The van der Waals surface area contributed by atoms with Crippen LogP contribution in [0.3, 0.4) is 0 Å². The number of carbonyl (C=O) groups excluding carboxylic acids is 2. The van der Waals surface area contributed by atoms with Gasteiger partial charge in [0.25, 0.3) is 5.91 Å². The monoisotopic (exact) mass is 512 g/mol. The zero-order valence-corrected chi connectivity index (χ0v) is 21.6. The number of hydrogen-bond donors (Lipinski definition) is 2. The van der Waals surface area contributed by atoms with Crippen molar-refractivity contribution in [1.82, 2.24) is 10.3 Å². The van der Waals surface area contributed by atoms with E-state index in [-0.39, 0.29) is 29.2 Å². The van der Waals surface area contributed by atoms with Crippen LogP contribution in [0.2, 0.25) is 0 Å². The summed E-state index contributed by atoms with van der Waals surface area (Å²) < 4.78 is 22.6. The normalized spacial score (nSPS) is 24.2. The highest BCUT2D eigenvalue weighted by Crippen LogP contribution is 2.33. The predicted molar refractivity (Wildman–Crippen MR) is 136 cm³/mol. The third-order valence-electron chi connectivity index (χ3n) is 7.09. The van der Waals surface area contributed by atoms with Crippen LogP contribution >= 0.6 is 0 Å². The molecule has 0 bridgehead atoms. The fourth-order valence-corrected chi connectivity index (χ4v) is 4.79. The highest BCUT2D eigenvalue weighted by molar-refractivity contribution is 5.97. The maximum absolute atomic E-state index is 13.1. The number of methoxy groups -OCH3 is 2. The van der Waals surface area contributed by atoms with Gasteiger partial charge >= 0.3 is 5.97 Å². The van der Waals surface area contributed by atoms with E-state index in [4.69, 9.17) is 18.9 Å². The molecule has 9 nitrogen and oxygen atoms in total. The third-order valence-corrected chi connectivity index (χ3v) is 7.09. The quantitative estimate of drug-likeness (QED) is 0.489. The Hall–Kier alpha value is -3.33. The molecular formula is C28H36N2O7. The summed E-state index contributed by atoms with van der Waals surface area (Å²) >= 11 is 0. The van der Waals surface area contributed by atoms with Gasteiger partial charge in [0.1, 0.15) is 17.9 Å². The molecule has 1 aliphatic carbocycles. The van der Waals surface area contributed by atoms with Crippen molar-refractivity contribution in [3.8, 4) is 17.2 Å². The third kappa shape index (κ3) is 6.91. The molecule has 1 aromatic heterocycles. The lowest BCUT2D eigenvalue weighted by molar-refractivity contribution is -0.161. The first-order valence-corrected chi connectivity index (χ1v) is 12.9. The first-order valence-electron chi connectivity index (χ1n) is 12.9. The second kappa shape index (κ2) is 12.3. The topological polar surface area (TPSA) is 116 Å². The maximum atomic E-state index is 13.1. The van der Waals surface area contributed by atoms with Gasteiger partial charge in [-0.1, -0.05) is 18.6 Å². The summed E-state index contributed by atoms with van der Waals surface area (Å²) in [5, 5.41) is 13.0. The highest BCUT2D eigenvalue weighted by Gasteiger charge is 2.36. The van der Waals surface area contributed by atoms with Gasteiger partial charge in [-0.25, -0.2) is 9.78 Å². The summed E-state index contributed by atoms with van der Waals surface area (Å²) in [6.45, 7) is 2.52. The Morgan fingerprint density at radius 1 is 1.11 bits per heavy atom. The lowest BCUT2D eigenvalue weighted by Crippen LogP contribution is -2.44. The van der Waals surface area contributed by atoms with Gasteiger partial charge in [0.15, 0.2) is 17.2 Å². The minimum Gasteiger partial charge on any atom is -0.503 e. The van der Waals surface area contributed by atoms with Gasteiger partial charge in [-0.2, -0.15) is 0 Å². The summed E-state index contributed by atoms with van der Waals surface area (Å²) in [6, 6.07) is 8.58. The Morgan fingerprint density at radius 3 is 2.54 bits per heavy atom. The molecule has 0 spiro atoms. The Kier molecular flexibility index (Phi) is 8.87. The second-order valence-electron chi connectivity index (χ2n) is 9.86. The van der Waals surface area contributed by atoms with E-state index in [9.17, 15) is 14.7 Å². The van der Waals surface area contributed by atoms with Crippen molar-refractivity contribution >= 4 is 11.9 Å². The van der Waals surface area contributed by atoms with Gasteiger partial charge in [0.05, 0.1) is 20.3 Å². The average Bonchev–Trinajstić information content (AvgIpc) is 3.72. The first-order chi connectivity index (χ1) is 17.9. The minimum absolute atomic E-state index is 0.128. The molecule has 4 atom stereocenters. The number of carbonyl (C=O) groups is 2. The fourth-order valence-electron chi connectivity index (χ4n) is 4.79. The van der Waals surface area contributed by atoms with E-state index >= 15 is 0 Å². The standard InChI is InChI=1S/C28H36N2O7/c1-17-26(36-16-19-7-8-19)20(15-18-9-11-21(34-2)12-10-18)5-4-6-22(28(33)37-17)30-27(32)24-25(31)23(35-3)13-14-29-24/h9-14,17,19-20,22,26,31H,4-8,15-16H2,1-3H3,(H,30,32). The van der Waals surface area contributed by atoms with Gasteiger partial charge in [-0.3, -0.25) is 4.79 Å². The molecule has 1 aliphatic heterocycles. The van der Waals surface area contributed by atoms with E-state index in [1.165, 1.54) is 32.2 Å². The van der Waals surface area contributed by atoms with Gasteiger partial charge in [-0.15, -0.1) is 0 Å². The number of esters is 1. The smallest absolute Gasteiger partial charge is 0.329 e. The molecule has 2 aliphatic rings. The molecule has 1 aromatic carbocycles. The molecular weight excluding hydrogens is 476 g/mol. The van der Waals surface area contributed by atoms with Crippen molar-refractivity contribution < 1.29 is 33.6 Å². The van der Waals surface area contributed by atoms with E-state index in [2.05, 4.69) is 22.4 Å². The summed E-state index contributed by atoms with van der Waals surface area (Å²) in [5.41, 5.74) is 0.955. The maximum Gasteiger partial charge on any atom is 0.329 e. The number of nitrogens with one attached hydrogen (secondary N) is 1. The van der Waals surface area contributed by atoms with Crippen molar-refractivity contribution in [2.24, 2.45) is 11.8 Å². The van der Waals surface area contributed by atoms with E-state index in [1.807, 2.05) is 19.1 Å². The number of benzene rings is 1. The summed E-state index contributed by atoms with van der Waals surface area (Å²) in [6.07, 6.45) is 5.62. The largest absolute Gasteiger partial charge is 0.503 e. The van der Waals surface area contributed by atoms with Crippen molar-refractivity contribution in [1.29, 1.82) is 0 Å². The number of rotatable bonds is 9. The molecule has 1 amide bonds. The van der Waals surface area contributed by atoms with Crippen LogP contribution in [0.5, 0.6) is 17.2 Å². The molecule has 200 valence electrons. The molecule has 2 aromatic rings. The summed E-state index contributed by atoms with van der Waals surface area (Å²) in [4.78, 5) is 30.0. The zero-order valence-electron chi connectivity index (χ0n) is 21.6. The molecule has 9 heteroatoms. The number of amides is 1. The van der Waals surface area contributed by atoms with Crippen LogP contribution in [0.15, 0.2) is 36.5 Å². The molecule has 2 N–H and O–H groups in total. The van der Waals surface area contributed by atoms with E-state index in [0.29, 0.717) is 25.4 Å². The van der Waals surface area contributed by atoms with E-state index < -0.39 is 24.0 Å². The van der Waals surface area contributed by atoms with Crippen molar-refractivity contribution in [3.05, 3.63) is 47.8 Å². The lowest BCUT2D eigenvalue weighted by Gasteiger charge is -2.31. The van der Waals surface area contributed by atoms with E-state index in [1.54, 1.807) is 7.11 Å². The van der Waals surface area contributed by atoms with Crippen molar-refractivity contribution in [2.75, 3.05) is 20.8 Å². The lowest BCUT2D eigenvalue weighted by atomic mass is 9.86. The SMILES string of the molecule is COc1ccc(CC2CCCC(NC(=O)c3nccc(OC)c3O)C(=O)OC(C)C2OCC2CC2)cc1. The molecule has 4 unspecified atom stereocenters. The molecule has 0 radical (unpaired) electrons. The minimum atomic E-state index is -0.869. The first kappa shape index (κ1) is 26.7. The molecule has 1 saturated heterocycles. The van der Waals surface area contributed by atoms with Gasteiger partial charge < -0.3 is 29.4 Å². The van der Waals surface area contributed by atoms with Gasteiger partial charge in [0, 0.05) is 18.9 Å². The number of cyclic esters (lactones) is 1. The number of pyridine rings is 1. The molecule has 37 heavy (non-hydrogen) atoms. The Labute approximate surface area is 217 Å². The summed E-state index contributed by atoms with van der Waals surface area (Å²) in [5.74, 6) is 0.0797. The van der Waals surface area contributed by atoms with Crippen LogP contribution in [0.25, 0.3) is 0 Å². The van der Waals surface area contributed by atoms with Crippen molar-refractivity contribution in [3.63, 3.8) is 0 Å². The van der Waals surface area contributed by atoms with E-state index in [0.717, 1.165) is 24.2 Å². The number of aromatic hydroxyl groups is 1. The van der Waals surface area contributed by atoms with Gasteiger partial charge in [-0.05, 0) is 68.6 Å². The Bertz CT molecular complexity index is 1070. The molecule has 4 rings (SSSR count). The molecule has 1 saturated carbocycles. The number of hydrogen-bond acceptors (Lipinski definition) is 8. The molecule has 2 fully saturated rings. The molecule has 2 heterocycles. The van der Waals surface area contributed by atoms with Gasteiger partial charge in [0.2, 0.25) is 0 Å². The Balaban J connectivity index is 1.49. The predicted octanol–water partition coefficient (Wildman–Crippen LogP) is 3.67. The Morgan fingerprint density at radius 2 is 1.86 bits per heavy atom. The number of aromatic nitrogens is 1. The number of ether oxygens (including phenoxy) is 4. The van der Waals surface area contributed by atoms with Crippen LogP contribution in [0, 0.1) is 11.8 Å². The van der Waals surface area contributed by atoms with Crippen LogP contribution in [0.1, 0.15) is 55.1 Å². The van der Waals surface area contributed by atoms with Crippen LogP contribution in [0.4, 0.5) is 0 Å². The summed E-state index contributed by atoms with van der Waals surface area (Å²) in [7, 11) is 3.03. The van der Waals surface area contributed by atoms with Crippen molar-refractivity contribution in [2.45, 2.75) is 63.7 Å². The van der Waals surface area contributed by atoms with Crippen LogP contribution in [-0.2, 0) is 20.7 Å². The average molecular weight is 513 g/mol. The highest BCUT2D eigenvalue weighted by atomic mass is 16.6. The number of nitrogens with zero attached hydrogens (tertiary/aromatic N) is 1. The van der Waals surface area contributed by atoms with Crippen LogP contribution in [-0.4, -0.2) is 61.0 Å². The fraction of sp³-hybridized carbons (Fsp3) is 0.536.